The summed E-state index contributed by atoms with van der Waals surface area (Å²) in [6.45, 7) is 16.8. The molecule has 8 aromatic carbocycles. The van der Waals surface area contributed by atoms with Crippen LogP contribution in [0.5, 0.6) is 0 Å². The second-order valence-corrected chi connectivity index (χ2v) is 24.8. The lowest BCUT2D eigenvalue weighted by Gasteiger charge is -2.42. The van der Waals surface area contributed by atoms with Gasteiger partial charge in [0.05, 0.1) is 5.52 Å². The number of thiophene rings is 3. The number of anilines is 2. The third kappa shape index (κ3) is 5.47. The average molecular weight is 905 g/mol. The van der Waals surface area contributed by atoms with E-state index in [-0.39, 0.29) is 16.2 Å². The molecule has 0 amide bonds. The quantitative estimate of drug-likeness (QED) is 0.175. The highest BCUT2D eigenvalue weighted by Gasteiger charge is 2.39. The van der Waals surface area contributed by atoms with Crippen molar-refractivity contribution in [3.63, 3.8) is 0 Å². The van der Waals surface area contributed by atoms with Crippen LogP contribution >= 0.6 is 34.0 Å². The Morgan fingerprint density at radius 3 is 1.82 bits per heavy atom. The molecular weight excluding hydrogens is 856 g/mol. The summed E-state index contributed by atoms with van der Waals surface area (Å²) >= 11 is 5.83. The van der Waals surface area contributed by atoms with Crippen LogP contribution in [0, 0.1) is 0 Å². The third-order valence-corrected chi connectivity index (χ3v) is 19.1. The maximum atomic E-state index is 4.07. The molecule has 0 saturated carbocycles. The number of hydrogen-bond donors (Lipinski definition) is 1. The minimum absolute atomic E-state index is 0.0734. The van der Waals surface area contributed by atoms with E-state index in [1.165, 1.54) is 140 Å². The van der Waals surface area contributed by atoms with Crippen molar-refractivity contribution in [1.82, 2.24) is 4.57 Å². The number of hydrogen-bond acceptors (Lipinski definition) is 4. The highest BCUT2D eigenvalue weighted by molar-refractivity contribution is 7.27. The monoisotopic (exact) mass is 904 g/mol. The van der Waals surface area contributed by atoms with Crippen LogP contribution in [0.25, 0.3) is 99.1 Å². The smallest absolute Gasteiger partial charge is 0.198 e. The minimum atomic E-state index is 0.0734. The van der Waals surface area contributed by atoms with Gasteiger partial charge in [0, 0.05) is 99.4 Å². The molecule has 0 saturated heterocycles. The molecule has 12 aromatic rings. The van der Waals surface area contributed by atoms with Gasteiger partial charge >= 0.3 is 0 Å². The Hall–Kier alpha value is -5.92. The zero-order chi connectivity index (χ0) is 44.6. The Kier molecular flexibility index (Phi) is 7.96. The first-order valence-corrected chi connectivity index (χ1v) is 26.0. The van der Waals surface area contributed by atoms with Crippen LogP contribution in [-0.4, -0.2) is 11.8 Å². The van der Waals surface area contributed by atoms with E-state index < -0.39 is 0 Å². The van der Waals surface area contributed by atoms with Gasteiger partial charge in [-0.2, -0.15) is 0 Å². The van der Waals surface area contributed by atoms with Gasteiger partial charge in [0.2, 0.25) is 0 Å². The van der Waals surface area contributed by atoms with Gasteiger partial charge in [0.1, 0.15) is 0 Å². The topological polar surface area (TPSA) is 17.0 Å². The lowest BCUT2D eigenvalue weighted by atomic mass is 9.58. The van der Waals surface area contributed by atoms with E-state index in [9.17, 15) is 0 Å². The van der Waals surface area contributed by atoms with Crippen LogP contribution in [-0.2, 0) is 16.2 Å². The molecule has 0 unspecified atom stereocenters. The van der Waals surface area contributed by atoms with Crippen molar-refractivity contribution in [2.24, 2.45) is 0 Å². The van der Waals surface area contributed by atoms with Crippen molar-refractivity contribution in [2.75, 3.05) is 5.32 Å². The summed E-state index contributed by atoms with van der Waals surface area (Å²) in [6.07, 6.45) is 2.37. The largest absolute Gasteiger partial charge is 0.355 e. The molecular formula is C60H49BN2S3. The predicted octanol–water partition coefficient (Wildman–Crippen LogP) is 16.6. The van der Waals surface area contributed by atoms with Crippen LogP contribution in [0.15, 0.2) is 133 Å². The van der Waals surface area contributed by atoms with Gasteiger partial charge in [-0.25, -0.2) is 0 Å². The third-order valence-electron chi connectivity index (χ3n) is 15.6. The maximum absolute atomic E-state index is 4.07. The molecule has 4 aromatic heterocycles. The van der Waals surface area contributed by atoms with Crippen LogP contribution in [0.1, 0.15) is 78.0 Å². The summed E-state index contributed by atoms with van der Waals surface area (Å²) in [6, 6.07) is 51.7. The van der Waals surface area contributed by atoms with E-state index in [2.05, 4.69) is 192 Å². The fourth-order valence-electron chi connectivity index (χ4n) is 12.0. The molecule has 1 aliphatic heterocycles. The normalized spacial score (nSPS) is 15.4. The molecule has 0 spiro atoms. The number of aromatic nitrogens is 1. The molecule has 0 radical (unpaired) electrons. The molecule has 2 aliphatic rings. The molecule has 1 aliphatic carbocycles. The maximum Gasteiger partial charge on any atom is 0.198 e. The van der Waals surface area contributed by atoms with Crippen molar-refractivity contribution < 1.29 is 0 Å². The highest BCUT2D eigenvalue weighted by Crippen LogP contribution is 2.53. The Bertz CT molecular complexity index is 4090. The molecule has 0 atom stereocenters. The van der Waals surface area contributed by atoms with E-state index in [4.69, 9.17) is 0 Å². The van der Waals surface area contributed by atoms with Crippen LogP contribution < -0.4 is 16.2 Å². The Morgan fingerprint density at radius 1 is 0.561 bits per heavy atom. The first-order chi connectivity index (χ1) is 31.8. The van der Waals surface area contributed by atoms with Gasteiger partial charge < -0.3 is 9.88 Å². The zero-order valence-corrected chi connectivity index (χ0v) is 40.9. The number of rotatable bonds is 3. The van der Waals surface area contributed by atoms with Gasteiger partial charge in [0.15, 0.2) is 7.28 Å². The lowest BCUT2D eigenvalue weighted by molar-refractivity contribution is 0.332. The van der Waals surface area contributed by atoms with Gasteiger partial charge in [-0.3, -0.25) is 0 Å². The van der Waals surface area contributed by atoms with E-state index in [1.54, 1.807) is 0 Å². The summed E-state index contributed by atoms with van der Waals surface area (Å²) in [5.74, 6) is 0. The van der Waals surface area contributed by atoms with E-state index >= 15 is 0 Å². The van der Waals surface area contributed by atoms with E-state index in [1.807, 2.05) is 34.0 Å². The number of nitrogens with zero attached hydrogens (tertiary/aromatic N) is 1. The lowest BCUT2D eigenvalue weighted by Crippen LogP contribution is -2.37. The van der Waals surface area contributed by atoms with Crippen molar-refractivity contribution in [1.29, 1.82) is 0 Å². The predicted molar refractivity (Wildman–Crippen MR) is 295 cm³/mol. The van der Waals surface area contributed by atoms with E-state index in [0.717, 1.165) is 18.7 Å². The van der Waals surface area contributed by atoms with E-state index in [0.29, 0.717) is 0 Å². The second kappa shape index (κ2) is 13.4. The molecule has 6 heteroatoms. The Morgan fingerprint density at radius 2 is 1.15 bits per heavy atom. The SMILES string of the molecule is CC(C)(C)c1ccc(Nc2cc3c(cc2-c2c4c5c(c6cc7c(cc6n5-c5cc6c(cc5B4)sc4ccccc46)C(C)(C)CCC7(C)C)c4c2sc2ccccc24)sc2ccccc23)cc1. The molecule has 5 heterocycles. The fourth-order valence-corrected chi connectivity index (χ4v) is 15.5. The molecule has 14 rings (SSSR count). The van der Waals surface area contributed by atoms with Crippen molar-refractivity contribution in [2.45, 2.75) is 77.6 Å². The molecule has 1 N–H and O–H groups in total. The summed E-state index contributed by atoms with van der Waals surface area (Å²) in [4.78, 5) is 0. The Balaban J connectivity index is 1.17. The first-order valence-electron chi connectivity index (χ1n) is 23.6. The van der Waals surface area contributed by atoms with Crippen LogP contribution in [0.3, 0.4) is 0 Å². The second-order valence-electron chi connectivity index (χ2n) is 21.6. The molecule has 320 valence electrons. The van der Waals surface area contributed by atoms with Gasteiger partial charge in [-0.1, -0.05) is 121 Å². The first kappa shape index (κ1) is 39.3. The zero-order valence-electron chi connectivity index (χ0n) is 38.5. The average Bonchev–Trinajstić information content (AvgIpc) is 4.06. The standard InChI is InChI=1S/C60H49BN2S3/c1-58(2,3)32-20-22-33(23-21-32)62-44-27-37-34-14-8-11-17-47(34)64-50(37)29-39(44)54-55-56-52(53-36-16-10-13-19-49(36)66-57(53)54)40-26-41-42(60(6,7)25-24-59(41,4)5)30-45(40)63(56)46-28-38-35-15-9-12-18-48(35)65-51(38)31-43(46)61-55/h8-23,26-31,61-62H,24-25H2,1-7H3. The van der Waals surface area contributed by atoms with Crippen molar-refractivity contribution >= 4 is 146 Å². The van der Waals surface area contributed by atoms with Gasteiger partial charge in [-0.15, -0.1) is 34.0 Å². The van der Waals surface area contributed by atoms with Crippen LogP contribution in [0.2, 0.25) is 0 Å². The van der Waals surface area contributed by atoms with Crippen molar-refractivity contribution in [3.8, 4) is 16.8 Å². The number of fused-ring (bicyclic) bond motifs is 16. The fraction of sp³-hybridized carbons (Fsp3) is 0.200. The summed E-state index contributed by atoms with van der Waals surface area (Å²) < 4.78 is 10.8. The number of benzene rings is 8. The van der Waals surface area contributed by atoms with Crippen LogP contribution in [0.4, 0.5) is 11.4 Å². The van der Waals surface area contributed by atoms with Gasteiger partial charge in [-0.05, 0) is 124 Å². The molecule has 0 fully saturated rings. The summed E-state index contributed by atoms with van der Waals surface area (Å²) in [5.41, 5.74) is 16.3. The Labute approximate surface area is 397 Å². The molecule has 0 bridgehead atoms. The number of nitrogens with one attached hydrogen (secondary N) is 1. The summed E-state index contributed by atoms with van der Waals surface area (Å²) in [7, 11) is 0.854. The molecule has 66 heavy (non-hydrogen) atoms. The van der Waals surface area contributed by atoms with Crippen molar-refractivity contribution in [3.05, 3.63) is 150 Å². The molecule has 2 nitrogen and oxygen atoms in total. The highest BCUT2D eigenvalue weighted by atomic mass is 32.1. The van der Waals surface area contributed by atoms with Gasteiger partial charge in [0.25, 0.3) is 0 Å². The summed E-state index contributed by atoms with van der Waals surface area (Å²) in [5, 5.41) is 14.9. The minimum Gasteiger partial charge on any atom is -0.355 e.